The average Bonchev–Trinajstić information content (AvgIpc) is 3.17. The van der Waals surface area contributed by atoms with Crippen molar-refractivity contribution in [3.8, 4) is 0 Å². The Morgan fingerprint density at radius 1 is 1.52 bits per heavy atom. The standard InChI is InChI=1S/C15H18N4O2/c1-2-19-10-12(9-17-19)15(20)18-13-5-7-21-14(13)11-4-3-6-16-8-11/h3-4,6,8-10,13-14H,2,5,7H2,1H3,(H,18,20)/t13-,14+/m0/s1. The number of hydrogen-bond donors (Lipinski definition) is 1. The van der Waals surface area contributed by atoms with Crippen molar-refractivity contribution in [2.45, 2.75) is 32.0 Å². The first-order valence-corrected chi connectivity index (χ1v) is 7.12. The van der Waals surface area contributed by atoms with Crippen LogP contribution < -0.4 is 5.32 Å². The molecule has 1 fully saturated rings. The van der Waals surface area contributed by atoms with Crippen LogP contribution >= 0.6 is 0 Å². The maximum Gasteiger partial charge on any atom is 0.254 e. The van der Waals surface area contributed by atoms with E-state index in [0.29, 0.717) is 12.2 Å². The third-order valence-corrected chi connectivity index (χ3v) is 3.64. The molecule has 0 aliphatic carbocycles. The summed E-state index contributed by atoms with van der Waals surface area (Å²) >= 11 is 0. The number of rotatable bonds is 4. The highest BCUT2D eigenvalue weighted by Gasteiger charge is 2.31. The van der Waals surface area contributed by atoms with Crippen molar-refractivity contribution in [1.29, 1.82) is 0 Å². The minimum atomic E-state index is -0.135. The second kappa shape index (κ2) is 6.05. The number of ether oxygens (including phenoxy) is 1. The zero-order valence-corrected chi connectivity index (χ0v) is 11.9. The lowest BCUT2D eigenvalue weighted by molar-refractivity contribution is 0.0820. The summed E-state index contributed by atoms with van der Waals surface area (Å²) in [6.07, 6.45) is 7.52. The lowest BCUT2D eigenvalue weighted by atomic mass is 10.0. The van der Waals surface area contributed by atoms with Gasteiger partial charge in [-0.1, -0.05) is 6.07 Å². The van der Waals surface area contributed by atoms with Gasteiger partial charge in [-0.2, -0.15) is 5.10 Å². The molecule has 6 nitrogen and oxygen atoms in total. The number of aryl methyl sites for hydroxylation is 1. The molecule has 1 N–H and O–H groups in total. The Morgan fingerprint density at radius 3 is 3.14 bits per heavy atom. The Hall–Kier alpha value is -2.21. The predicted octanol–water partition coefficient (Wildman–Crippen LogP) is 1.56. The SMILES string of the molecule is CCn1cc(C(=O)N[C@H]2CCO[C@@H]2c2cccnc2)cn1. The Morgan fingerprint density at radius 2 is 2.43 bits per heavy atom. The van der Waals surface area contributed by atoms with Gasteiger partial charge in [0.05, 0.1) is 17.8 Å². The smallest absolute Gasteiger partial charge is 0.254 e. The topological polar surface area (TPSA) is 69.0 Å². The van der Waals surface area contributed by atoms with Crippen molar-refractivity contribution < 1.29 is 9.53 Å². The highest BCUT2D eigenvalue weighted by atomic mass is 16.5. The normalized spacial score (nSPS) is 21.4. The van der Waals surface area contributed by atoms with Gasteiger partial charge in [-0.15, -0.1) is 0 Å². The molecule has 1 amide bonds. The summed E-state index contributed by atoms with van der Waals surface area (Å²) in [5, 5.41) is 7.16. The van der Waals surface area contributed by atoms with Crippen molar-refractivity contribution in [1.82, 2.24) is 20.1 Å². The van der Waals surface area contributed by atoms with Crippen LogP contribution in [0, 0.1) is 0 Å². The van der Waals surface area contributed by atoms with Crippen LogP contribution in [-0.2, 0) is 11.3 Å². The van der Waals surface area contributed by atoms with E-state index < -0.39 is 0 Å². The van der Waals surface area contributed by atoms with E-state index >= 15 is 0 Å². The fourth-order valence-electron chi connectivity index (χ4n) is 2.52. The van der Waals surface area contributed by atoms with Gasteiger partial charge in [0.15, 0.2) is 0 Å². The van der Waals surface area contributed by atoms with Crippen LogP contribution in [0.1, 0.15) is 35.4 Å². The summed E-state index contributed by atoms with van der Waals surface area (Å²) in [6, 6.07) is 3.81. The molecule has 3 heterocycles. The molecule has 0 aromatic carbocycles. The summed E-state index contributed by atoms with van der Waals surface area (Å²) in [6.45, 7) is 3.37. The van der Waals surface area contributed by atoms with Gasteiger partial charge in [-0.3, -0.25) is 14.5 Å². The van der Waals surface area contributed by atoms with Crippen molar-refractivity contribution in [3.63, 3.8) is 0 Å². The van der Waals surface area contributed by atoms with Gasteiger partial charge in [-0.05, 0) is 19.4 Å². The fourth-order valence-corrected chi connectivity index (χ4v) is 2.52. The quantitative estimate of drug-likeness (QED) is 0.926. The number of aromatic nitrogens is 3. The van der Waals surface area contributed by atoms with E-state index in [0.717, 1.165) is 18.5 Å². The third kappa shape index (κ3) is 2.95. The number of pyridine rings is 1. The molecule has 0 saturated carbocycles. The molecule has 0 unspecified atom stereocenters. The second-order valence-corrected chi connectivity index (χ2v) is 5.03. The molecule has 2 aromatic heterocycles. The van der Waals surface area contributed by atoms with Crippen molar-refractivity contribution in [2.24, 2.45) is 0 Å². The molecule has 0 radical (unpaired) electrons. The molecule has 1 aliphatic rings. The molecular formula is C15H18N4O2. The number of amides is 1. The first kappa shape index (κ1) is 13.8. The minimum Gasteiger partial charge on any atom is -0.371 e. The molecular weight excluding hydrogens is 268 g/mol. The van der Waals surface area contributed by atoms with Gasteiger partial charge >= 0.3 is 0 Å². The van der Waals surface area contributed by atoms with E-state index in [2.05, 4.69) is 15.4 Å². The molecule has 6 heteroatoms. The lowest BCUT2D eigenvalue weighted by Crippen LogP contribution is -2.36. The Bertz CT molecular complexity index is 611. The van der Waals surface area contributed by atoms with Gasteiger partial charge in [-0.25, -0.2) is 0 Å². The van der Waals surface area contributed by atoms with E-state index in [1.165, 1.54) is 0 Å². The monoisotopic (exact) mass is 286 g/mol. The largest absolute Gasteiger partial charge is 0.371 e. The van der Waals surface area contributed by atoms with Crippen molar-refractivity contribution in [2.75, 3.05) is 6.61 Å². The first-order chi connectivity index (χ1) is 10.3. The van der Waals surface area contributed by atoms with Crippen LogP contribution in [0.25, 0.3) is 0 Å². The molecule has 1 aliphatic heterocycles. The molecule has 0 bridgehead atoms. The number of nitrogens with one attached hydrogen (secondary N) is 1. The van der Waals surface area contributed by atoms with Crippen LogP contribution in [0.5, 0.6) is 0 Å². The third-order valence-electron chi connectivity index (χ3n) is 3.64. The summed E-state index contributed by atoms with van der Waals surface area (Å²) in [5.74, 6) is -0.112. The van der Waals surface area contributed by atoms with E-state index in [9.17, 15) is 4.79 Å². The molecule has 1 saturated heterocycles. The minimum absolute atomic E-state index is 0.0355. The summed E-state index contributed by atoms with van der Waals surface area (Å²) < 4.78 is 7.47. The van der Waals surface area contributed by atoms with Gasteiger partial charge in [0.2, 0.25) is 0 Å². The lowest BCUT2D eigenvalue weighted by Gasteiger charge is -2.19. The van der Waals surface area contributed by atoms with Crippen LogP contribution in [-0.4, -0.2) is 33.3 Å². The maximum atomic E-state index is 12.3. The van der Waals surface area contributed by atoms with Crippen LogP contribution in [0.4, 0.5) is 0 Å². The Labute approximate surface area is 123 Å². The summed E-state index contributed by atoms with van der Waals surface area (Å²) in [5.41, 5.74) is 1.57. The second-order valence-electron chi connectivity index (χ2n) is 5.03. The highest BCUT2D eigenvalue weighted by Crippen LogP contribution is 2.28. The van der Waals surface area contributed by atoms with Gasteiger partial charge in [0.25, 0.3) is 5.91 Å². The Balaban J connectivity index is 1.70. The van der Waals surface area contributed by atoms with Crippen LogP contribution in [0.15, 0.2) is 36.9 Å². The molecule has 3 rings (SSSR count). The zero-order chi connectivity index (χ0) is 14.7. The maximum absolute atomic E-state index is 12.3. The highest BCUT2D eigenvalue weighted by molar-refractivity contribution is 5.93. The van der Waals surface area contributed by atoms with Crippen LogP contribution in [0.2, 0.25) is 0 Å². The number of nitrogens with zero attached hydrogens (tertiary/aromatic N) is 3. The van der Waals surface area contributed by atoms with Crippen LogP contribution in [0.3, 0.4) is 0 Å². The number of hydrogen-bond acceptors (Lipinski definition) is 4. The average molecular weight is 286 g/mol. The summed E-state index contributed by atoms with van der Waals surface area (Å²) in [7, 11) is 0. The zero-order valence-electron chi connectivity index (χ0n) is 11.9. The molecule has 21 heavy (non-hydrogen) atoms. The van der Waals surface area contributed by atoms with Gasteiger partial charge in [0.1, 0.15) is 6.10 Å². The van der Waals surface area contributed by atoms with Crippen molar-refractivity contribution in [3.05, 3.63) is 48.0 Å². The number of carbonyl (C=O) groups excluding carboxylic acids is 1. The molecule has 0 spiro atoms. The van der Waals surface area contributed by atoms with Gasteiger partial charge < -0.3 is 10.1 Å². The first-order valence-electron chi connectivity index (χ1n) is 7.12. The summed E-state index contributed by atoms with van der Waals surface area (Å²) in [4.78, 5) is 16.4. The predicted molar refractivity (Wildman–Crippen MR) is 76.7 cm³/mol. The van der Waals surface area contributed by atoms with E-state index in [1.807, 2.05) is 19.1 Å². The molecule has 2 aromatic rings. The van der Waals surface area contributed by atoms with Crippen molar-refractivity contribution >= 4 is 5.91 Å². The van der Waals surface area contributed by atoms with E-state index in [-0.39, 0.29) is 18.1 Å². The van der Waals surface area contributed by atoms with Gasteiger partial charge in [0, 0.05) is 37.3 Å². The van der Waals surface area contributed by atoms with E-state index in [1.54, 1.807) is 29.5 Å². The number of carbonyl (C=O) groups is 1. The Kier molecular flexibility index (Phi) is 3.96. The fraction of sp³-hybridized carbons (Fsp3) is 0.400. The molecule has 2 atom stereocenters. The van der Waals surface area contributed by atoms with E-state index in [4.69, 9.17) is 4.74 Å². The molecule has 110 valence electrons.